The van der Waals surface area contributed by atoms with Gasteiger partial charge in [0, 0.05) is 0 Å². The van der Waals surface area contributed by atoms with Gasteiger partial charge in [0.15, 0.2) is 11.6 Å². The van der Waals surface area contributed by atoms with Crippen LogP contribution < -0.4 is 15.2 Å². The Kier molecular flexibility index (Phi) is 3.93. The number of sulfonamides is 1. The zero-order valence-corrected chi connectivity index (χ0v) is 9.84. The van der Waals surface area contributed by atoms with Gasteiger partial charge in [-0.05, 0) is 12.1 Å². The van der Waals surface area contributed by atoms with Gasteiger partial charge in [0.25, 0.3) is 0 Å². The molecule has 0 bridgehead atoms. The van der Waals surface area contributed by atoms with E-state index in [4.69, 9.17) is 12.2 Å². The molecule has 17 heavy (non-hydrogen) atoms. The van der Waals surface area contributed by atoms with Crippen molar-refractivity contribution in [2.75, 3.05) is 19.4 Å². The number of ether oxygens (including phenoxy) is 1. The van der Waals surface area contributed by atoms with E-state index in [1.54, 1.807) is 0 Å². The topological polar surface area (TPSA) is 81.4 Å². The Bertz CT molecular complexity index is 540. The van der Waals surface area contributed by atoms with E-state index in [0.29, 0.717) is 0 Å². The molecule has 1 rings (SSSR count). The highest BCUT2D eigenvalue weighted by Crippen LogP contribution is 2.28. The third-order valence-corrected chi connectivity index (χ3v) is 3.31. The molecule has 0 heterocycles. The predicted octanol–water partition coefficient (Wildman–Crippen LogP) is 0.328. The molecule has 0 saturated carbocycles. The molecule has 0 aliphatic carbocycles. The Morgan fingerprint density at radius 1 is 1.59 bits per heavy atom. The van der Waals surface area contributed by atoms with Crippen molar-refractivity contribution in [1.82, 2.24) is 4.72 Å². The fourth-order valence-corrected chi connectivity index (χ4v) is 2.16. The lowest BCUT2D eigenvalue weighted by atomic mass is 10.3. The number of terminal acetylenes is 1. The summed E-state index contributed by atoms with van der Waals surface area (Å²) in [4.78, 5) is -0.302. The van der Waals surface area contributed by atoms with Crippen molar-refractivity contribution in [2.45, 2.75) is 4.90 Å². The molecule has 0 radical (unpaired) electrons. The van der Waals surface area contributed by atoms with Gasteiger partial charge < -0.3 is 10.5 Å². The fourth-order valence-electron chi connectivity index (χ4n) is 1.18. The van der Waals surface area contributed by atoms with Crippen molar-refractivity contribution in [3.05, 3.63) is 17.9 Å². The summed E-state index contributed by atoms with van der Waals surface area (Å²) in [5, 5.41) is 0. The van der Waals surface area contributed by atoms with Gasteiger partial charge in [0.2, 0.25) is 10.0 Å². The lowest BCUT2D eigenvalue weighted by Gasteiger charge is -2.09. The van der Waals surface area contributed by atoms with Crippen LogP contribution in [0, 0.1) is 18.2 Å². The number of hydrogen-bond donors (Lipinski definition) is 2. The molecule has 0 aliphatic heterocycles. The van der Waals surface area contributed by atoms with E-state index in [1.807, 2.05) is 0 Å². The molecule has 0 aliphatic rings. The molecule has 92 valence electrons. The van der Waals surface area contributed by atoms with E-state index in [2.05, 4.69) is 15.4 Å². The van der Waals surface area contributed by atoms with Crippen LogP contribution in [-0.2, 0) is 10.0 Å². The van der Waals surface area contributed by atoms with Gasteiger partial charge in [-0.25, -0.2) is 12.8 Å². The van der Waals surface area contributed by atoms with Crippen molar-refractivity contribution < 1.29 is 17.5 Å². The molecule has 5 nitrogen and oxygen atoms in total. The number of rotatable bonds is 4. The highest BCUT2D eigenvalue weighted by molar-refractivity contribution is 7.89. The second kappa shape index (κ2) is 5.03. The average molecular weight is 258 g/mol. The molecule has 0 aromatic heterocycles. The summed E-state index contributed by atoms with van der Waals surface area (Å²) in [6, 6.07) is 1.91. The molecule has 0 amide bonds. The minimum atomic E-state index is -3.86. The van der Waals surface area contributed by atoms with Crippen LogP contribution in [0.1, 0.15) is 0 Å². The van der Waals surface area contributed by atoms with Crippen LogP contribution in [0.25, 0.3) is 0 Å². The SMILES string of the molecule is C#CCNS(=O)(=O)c1cc(N)c(OC)c(F)c1. The lowest BCUT2D eigenvalue weighted by Crippen LogP contribution is -2.24. The van der Waals surface area contributed by atoms with E-state index in [-0.39, 0.29) is 22.9 Å². The maximum Gasteiger partial charge on any atom is 0.241 e. The van der Waals surface area contributed by atoms with Crippen molar-refractivity contribution in [2.24, 2.45) is 0 Å². The van der Waals surface area contributed by atoms with E-state index in [9.17, 15) is 12.8 Å². The van der Waals surface area contributed by atoms with Crippen LogP contribution in [-0.4, -0.2) is 22.1 Å². The zero-order chi connectivity index (χ0) is 13.1. The molecule has 7 heteroatoms. The van der Waals surface area contributed by atoms with Crippen LogP contribution in [0.15, 0.2) is 17.0 Å². The van der Waals surface area contributed by atoms with Crippen molar-refractivity contribution in [3.8, 4) is 18.1 Å². The standard InChI is InChI=1S/C10H11FN2O3S/c1-3-4-13-17(14,15)7-5-8(11)10(16-2)9(12)6-7/h1,5-6,13H,4,12H2,2H3. The number of benzene rings is 1. The first-order valence-corrected chi connectivity index (χ1v) is 5.97. The monoisotopic (exact) mass is 258 g/mol. The first-order valence-electron chi connectivity index (χ1n) is 4.48. The van der Waals surface area contributed by atoms with Gasteiger partial charge in [0.05, 0.1) is 24.2 Å². The third-order valence-electron chi connectivity index (χ3n) is 1.92. The van der Waals surface area contributed by atoms with E-state index >= 15 is 0 Å². The maximum atomic E-state index is 13.4. The number of nitrogen functional groups attached to an aromatic ring is 1. The second-order valence-electron chi connectivity index (χ2n) is 3.06. The molecule has 0 unspecified atom stereocenters. The van der Waals surface area contributed by atoms with Crippen LogP contribution in [0.4, 0.5) is 10.1 Å². The van der Waals surface area contributed by atoms with Crippen LogP contribution in [0.2, 0.25) is 0 Å². The number of nitrogens with one attached hydrogen (secondary N) is 1. The maximum absolute atomic E-state index is 13.4. The Morgan fingerprint density at radius 2 is 2.24 bits per heavy atom. The molecular formula is C10H11FN2O3S. The number of nitrogens with two attached hydrogens (primary N) is 1. The predicted molar refractivity (Wildman–Crippen MR) is 61.4 cm³/mol. The summed E-state index contributed by atoms with van der Waals surface area (Å²) < 4.78 is 43.4. The Hall–Kier alpha value is -1.78. The molecular weight excluding hydrogens is 247 g/mol. The van der Waals surface area contributed by atoms with Gasteiger partial charge >= 0.3 is 0 Å². The first-order chi connectivity index (χ1) is 7.92. The Balaban J connectivity index is 3.22. The van der Waals surface area contributed by atoms with Crippen molar-refractivity contribution >= 4 is 15.7 Å². The summed E-state index contributed by atoms with van der Waals surface area (Å²) in [6.07, 6.45) is 4.92. The molecule has 0 fully saturated rings. The minimum Gasteiger partial charge on any atom is -0.492 e. The highest BCUT2D eigenvalue weighted by Gasteiger charge is 2.18. The number of halogens is 1. The van der Waals surface area contributed by atoms with Crippen LogP contribution in [0.5, 0.6) is 5.75 Å². The minimum absolute atomic E-state index is 0.103. The second-order valence-corrected chi connectivity index (χ2v) is 4.82. The van der Waals surface area contributed by atoms with Gasteiger partial charge in [-0.15, -0.1) is 6.42 Å². The van der Waals surface area contributed by atoms with Gasteiger partial charge in [-0.2, -0.15) is 4.72 Å². The normalized spacial score (nSPS) is 10.9. The largest absolute Gasteiger partial charge is 0.492 e. The summed E-state index contributed by atoms with van der Waals surface area (Å²) in [5.41, 5.74) is 5.36. The number of anilines is 1. The summed E-state index contributed by atoms with van der Waals surface area (Å²) in [5.74, 6) is 1.06. The summed E-state index contributed by atoms with van der Waals surface area (Å²) in [6.45, 7) is -0.185. The smallest absolute Gasteiger partial charge is 0.241 e. The quantitative estimate of drug-likeness (QED) is 0.602. The van der Waals surface area contributed by atoms with Crippen molar-refractivity contribution in [3.63, 3.8) is 0 Å². The molecule has 1 aromatic rings. The fraction of sp³-hybridized carbons (Fsp3) is 0.200. The average Bonchev–Trinajstić information content (AvgIpc) is 2.26. The van der Waals surface area contributed by atoms with Gasteiger partial charge in [-0.3, -0.25) is 0 Å². The Morgan fingerprint density at radius 3 is 2.71 bits per heavy atom. The van der Waals surface area contributed by atoms with Gasteiger partial charge in [-0.1, -0.05) is 5.92 Å². The van der Waals surface area contributed by atoms with Crippen LogP contribution >= 0.6 is 0 Å². The lowest BCUT2D eigenvalue weighted by molar-refractivity contribution is 0.388. The molecule has 0 atom stereocenters. The summed E-state index contributed by atoms with van der Waals surface area (Å²) in [7, 11) is -2.62. The van der Waals surface area contributed by atoms with E-state index < -0.39 is 15.8 Å². The van der Waals surface area contributed by atoms with Crippen molar-refractivity contribution in [1.29, 1.82) is 0 Å². The van der Waals surface area contributed by atoms with E-state index in [0.717, 1.165) is 12.1 Å². The van der Waals surface area contributed by atoms with E-state index in [1.165, 1.54) is 7.11 Å². The molecule has 0 spiro atoms. The molecule has 0 saturated heterocycles. The summed E-state index contributed by atoms with van der Waals surface area (Å²) >= 11 is 0. The third kappa shape index (κ3) is 2.87. The Labute approximate surface area is 98.8 Å². The molecule has 1 aromatic carbocycles. The zero-order valence-electron chi connectivity index (χ0n) is 9.03. The molecule has 3 N–H and O–H groups in total. The van der Waals surface area contributed by atoms with Gasteiger partial charge in [0.1, 0.15) is 0 Å². The number of methoxy groups -OCH3 is 1. The first kappa shape index (κ1) is 13.3. The highest BCUT2D eigenvalue weighted by atomic mass is 32.2. The number of hydrogen-bond acceptors (Lipinski definition) is 4. The van der Waals surface area contributed by atoms with Crippen LogP contribution in [0.3, 0.4) is 0 Å².